The fraction of sp³-hybridized carbons (Fsp3) is 0.692. The van der Waals surface area contributed by atoms with Gasteiger partial charge in [-0.3, -0.25) is 0 Å². The van der Waals surface area contributed by atoms with Gasteiger partial charge in [0, 0.05) is 19.1 Å². The van der Waals surface area contributed by atoms with Crippen LogP contribution in [0.15, 0.2) is 24.4 Å². The summed E-state index contributed by atoms with van der Waals surface area (Å²) < 4.78 is 0. The Hall–Kier alpha value is -0.760. The normalized spacial score (nSPS) is 28.1. The van der Waals surface area contributed by atoms with Gasteiger partial charge in [-0.05, 0) is 38.1 Å². The van der Waals surface area contributed by atoms with Gasteiger partial charge in [0.25, 0.3) is 0 Å². The predicted molar refractivity (Wildman–Crippen MR) is 66.8 cm³/mol. The first-order chi connectivity index (χ1) is 7.27. The van der Waals surface area contributed by atoms with Crippen LogP contribution in [0.5, 0.6) is 0 Å². The van der Waals surface area contributed by atoms with Crippen LogP contribution in [0, 0.1) is 5.92 Å². The van der Waals surface area contributed by atoms with Crippen molar-refractivity contribution in [3.63, 3.8) is 0 Å². The molecule has 0 amide bonds. The molecule has 1 saturated heterocycles. The van der Waals surface area contributed by atoms with Crippen molar-refractivity contribution >= 4 is 0 Å². The van der Waals surface area contributed by atoms with Crippen molar-refractivity contribution in [3.05, 3.63) is 24.4 Å². The first-order valence-electron chi connectivity index (χ1n) is 6.02. The zero-order valence-electron chi connectivity index (χ0n) is 10.2. The Kier molecular flexibility index (Phi) is 5.48. The molecule has 1 aliphatic rings. The van der Waals surface area contributed by atoms with E-state index in [0.29, 0.717) is 6.04 Å². The second kappa shape index (κ2) is 6.67. The second-order valence-electron chi connectivity index (χ2n) is 4.33. The standard InChI is InChI=1S/C13H24N2/c1-4-5-6-7-9-15-10-8-12(2)13(11-15)14-3/h5-7,9,12-14H,4,8,10-11H2,1-3H3/b6-5-,9-7-/t12-,13+/m0/s1. The lowest BCUT2D eigenvalue weighted by Crippen LogP contribution is -2.46. The van der Waals surface area contributed by atoms with E-state index in [2.05, 4.69) is 55.5 Å². The zero-order valence-corrected chi connectivity index (χ0v) is 10.2. The molecule has 0 unspecified atom stereocenters. The monoisotopic (exact) mass is 208 g/mol. The van der Waals surface area contributed by atoms with Gasteiger partial charge in [0.15, 0.2) is 0 Å². The number of likely N-dealkylation sites (tertiary alicyclic amines) is 1. The number of nitrogens with zero attached hydrogens (tertiary/aromatic N) is 1. The lowest BCUT2D eigenvalue weighted by atomic mass is 9.94. The van der Waals surface area contributed by atoms with E-state index in [-0.39, 0.29) is 0 Å². The molecule has 1 rings (SSSR count). The Morgan fingerprint density at radius 1 is 1.40 bits per heavy atom. The second-order valence-corrected chi connectivity index (χ2v) is 4.33. The van der Waals surface area contributed by atoms with E-state index in [0.717, 1.165) is 18.9 Å². The summed E-state index contributed by atoms with van der Waals surface area (Å²) >= 11 is 0. The molecular formula is C13H24N2. The summed E-state index contributed by atoms with van der Waals surface area (Å²) in [6.45, 7) is 6.81. The fourth-order valence-corrected chi connectivity index (χ4v) is 1.99. The van der Waals surface area contributed by atoms with Gasteiger partial charge in [0.1, 0.15) is 0 Å². The van der Waals surface area contributed by atoms with Crippen molar-refractivity contribution < 1.29 is 0 Å². The molecule has 2 atom stereocenters. The van der Waals surface area contributed by atoms with Crippen LogP contribution in [-0.4, -0.2) is 31.1 Å². The molecule has 86 valence electrons. The molecule has 0 bridgehead atoms. The van der Waals surface area contributed by atoms with Crippen LogP contribution in [0.4, 0.5) is 0 Å². The minimum atomic E-state index is 0.638. The number of nitrogens with one attached hydrogen (secondary N) is 1. The van der Waals surface area contributed by atoms with Crippen LogP contribution in [0.1, 0.15) is 26.7 Å². The molecule has 1 fully saturated rings. The molecular weight excluding hydrogens is 184 g/mol. The van der Waals surface area contributed by atoms with Gasteiger partial charge in [-0.2, -0.15) is 0 Å². The summed E-state index contributed by atoms with van der Waals surface area (Å²) in [5, 5.41) is 3.39. The van der Waals surface area contributed by atoms with E-state index < -0.39 is 0 Å². The fourth-order valence-electron chi connectivity index (χ4n) is 1.99. The van der Waals surface area contributed by atoms with Crippen molar-refractivity contribution in [2.45, 2.75) is 32.7 Å². The largest absolute Gasteiger partial charge is 0.376 e. The number of rotatable bonds is 4. The van der Waals surface area contributed by atoms with Gasteiger partial charge < -0.3 is 10.2 Å². The zero-order chi connectivity index (χ0) is 11.1. The molecule has 2 nitrogen and oxygen atoms in total. The molecule has 0 aromatic carbocycles. The molecule has 0 saturated carbocycles. The molecule has 1 N–H and O–H groups in total. The maximum Gasteiger partial charge on any atom is 0.0329 e. The summed E-state index contributed by atoms with van der Waals surface area (Å²) in [6.07, 6.45) is 11.1. The molecule has 1 aliphatic heterocycles. The van der Waals surface area contributed by atoms with Gasteiger partial charge in [-0.25, -0.2) is 0 Å². The Labute approximate surface area is 94.0 Å². The number of likely N-dealkylation sites (N-methyl/N-ethyl adjacent to an activating group) is 1. The number of hydrogen-bond donors (Lipinski definition) is 1. The number of hydrogen-bond acceptors (Lipinski definition) is 2. The maximum absolute atomic E-state index is 3.39. The maximum atomic E-state index is 3.39. The summed E-state index contributed by atoms with van der Waals surface area (Å²) in [4.78, 5) is 2.40. The van der Waals surface area contributed by atoms with Crippen molar-refractivity contribution in [1.82, 2.24) is 10.2 Å². The Morgan fingerprint density at radius 3 is 2.87 bits per heavy atom. The van der Waals surface area contributed by atoms with Gasteiger partial charge in [-0.1, -0.05) is 26.0 Å². The summed E-state index contributed by atoms with van der Waals surface area (Å²) in [5.41, 5.74) is 0. The predicted octanol–water partition coefficient (Wildman–Crippen LogP) is 2.40. The van der Waals surface area contributed by atoms with Crippen LogP contribution in [0.3, 0.4) is 0 Å². The third-order valence-corrected chi connectivity index (χ3v) is 3.14. The van der Waals surface area contributed by atoms with Crippen LogP contribution < -0.4 is 5.32 Å². The first kappa shape index (κ1) is 12.3. The highest BCUT2D eigenvalue weighted by atomic mass is 15.1. The minimum Gasteiger partial charge on any atom is -0.376 e. The summed E-state index contributed by atoms with van der Waals surface area (Å²) in [7, 11) is 2.06. The van der Waals surface area contributed by atoms with Gasteiger partial charge >= 0.3 is 0 Å². The van der Waals surface area contributed by atoms with Crippen LogP contribution >= 0.6 is 0 Å². The molecule has 0 aliphatic carbocycles. The van der Waals surface area contributed by atoms with E-state index in [1.165, 1.54) is 13.0 Å². The van der Waals surface area contributed by atoms with E-state index >= 15 is 0 Å². The topological polar surface area (TPSA) is 15.3 Å². The molecule has 0 radical (unpaired) electrons. The van der Waals surface area contributed by atoms with E-state index in [4.69, 9.17) is 0 Å². The van der Waals surface area contributed by atoms with Crippen molar-refractivity contribution in [2.75, 3.05) is 20.1 Å². The molecule has 2 heteroatoms. The molecule has 0 aromatic heterocycles. The highest BCUT2D eigenvalue weighted by molar-refractivity contribution is 5.02. The average Bonchev–Trinajstić information content (AvgIpc) is 2.26. The third-order valence-electron chi connectivity index (χ3n) is 3.14. The van der Waals surface area contributed by atoms with Crippen molar-refractivity contribution in [3.8, 4) is 0 Å². The Morgan fingerprint density at radius 2 is 2.20 bits per heavy atom. The van der Waals surface area contributed by atoms with Gasteiger partial charge in [0.05, 0.1) is 0 Å². The highest BCUT2D eigenvalue weighted by Crippen LogP contribution is 2.16. The molecule has 0 spiro atoms. The van der Waals surface area contributed by atoms with Gasteiger partial charge in [-0.15, -0.1) is 0 Å². The molecule has 0 aromatic rings. The third kappa shape index (κ3) is 4.08. The smallest absolute Gasteiger partial charge is 0.0329 e. The number of piperidine rings is 1. The van der Waals surface area contributed by atoms with Gasteiger partial charge in [0.2, 0.25) is 0 Å². The summed E-state index contributed by atoms with van der Waals surface area (Å²) in [5.74, 6) is 0.797. The Bertz CT molecular complexity index is 221. The van der Waals surface area contributed by atoms with Crippen molar-refractivity contribution in [2.24, 2.45) is 5.92 Å². The van der Waals surface area contributed by atoms with E-state index in [1.54, 1.807) is 0 Å². The van der Waals surface area contributed by atoms with E-state index in [1.807, 2.05) is 0 Å². The molecule has 1 heterocycles. The lowest BCUT2D eigenvalue weighted by Gasteiger charge is -2.36. The quantitative estimate of drug-likeness (QED) is 0.714. The lowest BCUT2D eigenvalue weighted by molar-refractivity contribution is 0.202. The van der Waals surface area contributed by atoms with Crippen LogP contribution in [-0.2, 0) is 0 Å². The Balaban J connectivity index is 2.37. The first-order valence-corrected chi connectivity index (χ1v) is 6.02. The van der Waals surface area contributed by atoms with Crippen LogP contribution in [0.25, 0.3) is 0 Å². The highest BCUT2D eigenvalue weighted by Gasteiger charge is 2.22. The van der Waals surface area contributed by atoms with E-state index in [9.17, 15) is 0 Å². The molecule has 15 heavy (non-hydrogen) atoms. The average molecular weight is 208 g/mol. The minimum absolute atomic E-state index is 0.638. The summed E-state index contributed by atoms with van der Waals surface area (Å²) in [6, 6.07) is 0.638. The van der Waals surface area contributed by atoms with Crippen LogP contribution in [0.2, 0.25) is 0 Å². The SMILES string of the molecule is CC/C=C\C=C/N1CC[C@H](C)[C@H](NC)C1. The number of allylic oxidation sites excluding steroid dienone is 3. The van der Waals surface area contributed by atoms with Crippen molar-refractivity contribution in [1.29, 1.82) is 0 Å².